The largest absolute Gasteiger partial charge is 0.482 e. The summed E-state index contributed by atoms with van der Waals surface area (Å²) in [5.74, 6) is -1.09. The summed E-state index contributed by atoms with van der Waals surface area (Å²) >= 11 is 0. The number of nitrogens with one attached hydrogen (secondary N) is 1. The third-order valence-electron chi connectivity index (χ3n) is 7.96. The highest BCUT2D eigenvalue weighted by Crippen LogP contribution is 2.42. The van der Waals surface area contributed by atoms with E-state index in [0.717, 1.165) is 19.3 Å². The fraction of sp³-hybridized carbons (Fsp3) is 0.538. The molecule has 1 saturated carbocycles. The summed E-state index contributed by atoms with van der Waals surface area (Å²) in [5.41, 5.74) is 1.20. The molecule has 1 aromatic carbocycles. The Kier molecular flexibility index (Phi) is 6.25. The zero-order valence-corrected chi connectivity index (χ0v) is 20.1. The van der Waals surface area contributed by atoms with E-state index in [-0.39, 0.29) is 48.2 Å². The van der Waals surface area contributed by atoms with Crippen LogP contribution in [0.5, 0.6) is 5.75 Å². The van der Waals surface area contributed by atoms with Crippen LogP contribution in [0.1, 0.15) is 32.1 Å². The number of fused-ring (bicyclic) bond motifs is 4. The molecule has 0 radical (unpaired) electrons. The van der Waals surface area contributed by atoms with Crippen LogP contribution >= 0.6 is 0 Å². The standard InChI is InChI=1S/C26H31N3O6/c1-28-21-12-16(8-10-22(21)35-14-23(28)30)27-24(31)19-11-15-7-9-20(19)29(13-15)25(32)17-5-3-4-6-18(17)26(33)34-2/h3-4,8,10,12,15,17-20H,5-7,9,11,13-14H2,1-2H3,(H,27,31)/t15-,17?,18?,19-,20+/m1/s1. The molecule has 3 fully saturated rings. The van der Waals surface area contributed by atoms with E-state index in [2.05, 4.69) is 5.32 Å². The van der Waals surface area contributed by atoms with Gasteiger partial charge in [0.25, 0.3) is 5.91 Å². The number of hydrogen-bond acceptors (Lipinski definition) is 6. The smallest absolute Gasteiger partial charge is 0.309 e. The van der Waals surface area contributed by atoms with Gasteiger partial charge < -0.3 is 24.6 Å². The van der Waals surface area contributed by atoms with Crippen molar-refractivity contribution in [3.63, 3.8) is 0 Å². The maximum absolute atomic E-state index is 13.6. The predicted octanol–water partition coefficient (Wildman–Crippen LogP) is 2.36. The summed E-state index contributed by atoms with van der Waals surface area (Å²) in [4.78, 5) is 54.7. The summed E-state index contributed by atoms with van der Waals surface area (Å²) in [7, 11) is 3.03. The average Bonchev–Trinajstić information content (AvgIpc) is 2.90. The molecule has 0 aromatic heterocycles. The van der Waals surface area contributed by atoms with E-state index in [1.807, 2.05) is 17.1 Å². The number of ether oxygens (including phenoxy) is 2. The minimum atomic E-state index is -0.484. The lowest BCUT2D eigenvalue weighted by molar-refractivity contribution is -0.158. The van der Waals surface area contributed by atoms with Gasteiger partial charge in [0.15, 0.2) is 6.61 Å². The molecule has 1 N–H and O–H groups in total. The van der Waals surface area contributed by atoms with Crippen LogP contribution in [0.4, 0.5) is 11.4 Å². The third kappa shape index (κ3) is 4.28. The zero-order valence-electron chi connectivity index (χ0n) is 20.1. The molecule has 3 aliphatic heterocycles. The van der Waals surface area contributed by atoms with Crippen molar-refractivity contribution in [1.82, 2.24) is 4.90 Å². The van der Waals surface area contributed by atoms with Gasteiger partial charge in [-0.3, -0.25) is 19.2 Å². The minimum Gasteiger partial charge on any atom is -0.482 e. The fourth-order valence-electron chi connectivity index (χ4n) is 6.03. The monoisotopic (exact) mass is 481 g/mol. The van der Waals surface area contributed by atoms with Gasteiger partial charge in [-0.05, 0) is 56.2 Å². The number of nitrogens with zero attached hydrogens (tertiary/aromatic N) is 2. The summed E-state index contributed by atoms with van der Waals surface area (Å²) in [5, 5.41) is 3.00. The Labute approximate surface area is 204 Å². The lowest BCUT2D eigenvalue weighted by Crippen LogP contribution is -2.59. The lowest BCUT2D eigenvalue weighted by Gasteiger charge is -2.50. The number of anilines is 2. The number of carbonyl (C=O) groups is 4. The summed E-state index contributed by atoms with van der Waals surface area (Å²) < 4.78 is 10.4. The molecule has 3 heterocycles. The second kappa shape index (κ2) is 9.36. The molecular formula is C26H31N3O6. The van der Waals surface area contributed by atoms with Crippen LogP contribution in [-0.2, 0) is 23.9 Å². The van der Waals surface area contributed by atoms with Gasteiger partial charge in [-0.15, -0.1) is 0 Å². The van der Waals surface area contributed by atoms with Gasteiger partial charge in [-0.25, -0.2) is 0 Å². The lowest BCUT2D eigenvalue weighted by atomic mass is 9.71. The van der Waals surface area contributed by atoms with Crippen LogP contribution in [0.2, 0.25) is 0 Å². The molecule has 2 aliphatic carbocycles. The first-order valence-corrected chi connectivity index (χ1v) is 12.2. The van der Waals surface area contributed by atoms with Crippen molar-refractivity contribution in [3.05, 3.63) is 30.4 Å². The van der Waals surface area contributed by atoms with Crippen molar-refractivity contribution in [2.45, 2.75) is 38.1 Å². The van der Waals surface area contributed by atoms with Crippen LogP contribution in [-0.4, -0.2) is 61.9 Å². The molecule has 2 saturated heterocycles. The Morgan fingerprint density at radius 2 is 1.86 bits per heavy atom. The number of amides is 3. The molecule has 2 unspecified atom stereocenters. The normalized spacial score (nSPS) is 29.3. The Morgan fingerprint density at radius 1 is 1.09 bits per heavy atom. The number of benzene rings is 1. The summed E-state index contributed by atoms with van der Waals surface area (Å²) in [6.45, 7) is 0.627. The van der Waals surface area contributed by atoms with E-state index < -0.39 is 11.8 Å². The molecule has 5 aliphatic rings. The molecule has 3 amide bonds. The predicted molar refractivity (Wildman–Crippen MR) is 128 cm³/mol. The minimum absolute atomic E-state index is 0.00215. The second-order valence-corrected chi connectivity index (χ2v) is 9.94. The van der Waals surface area contributed by atoms with Crippen molar-refractivity contribution in [2.75, 3.05) is 37.5 Å². The maximum Gasteiger partial charge on any atom is 0.309 e. The number of methoxy groups -OCH3 is 1. The number of esters is 1. The third-order valence-corrected chi connectivity index (χ3v) is 7.96. The topological polar surface area (TPSA) is 105 Å². The first-order valence-electron chi connectivity index (χ1n) is 12.2. The van der Waals surface area contributed by atoms with Gasteiger partial charge in [0, 0.05) is 25.3 Å². The van der Waals surface area contributed by atoms with Crippen molar-refractivity contribution >= 4 is 35.1 Å². The molecule has 186 valence electrons. The first kappa shape index (κ1) is 23.4. The van der Waals surface area contributed by atoms with Crippen LogP contribution < -0.4 is 15.0 Å². The van der Waals surface area contributed by atoms with Crippen LogP contribution in [0.3, 0.4) is 0 Å². The highest BCUT2D eigenvalue weighted by molar-refractivity contribution is 5.99. The first-order chi connectivity index (χ1) is 16.9. The quantitative estimate of drug-likeness (QED) is 0.523. The van der Waals surface area contributed by atoms with E-state index in [1.165, 1.54) is 12.0 Å². The average molecular weight is 482 g/mol. The van der Waals surface area contributed by atoms with Gasteiger partial charge in [0.1, 0.15) is 5.75 Å². The second-order valence-electron chi connectivity index (χ2n) is 9.94. The van der Waals surface area contributed by atoms with Crippen molar-refractivity contribution in [2.24, 2.45) is 23.7 Å². The Hall–Kier alpha value is -3.36. The molecule has 5 atom stereocenters. The van der Waals surface area contributed by atoms with Crippen LogP contribution in [0, 0.1) is 23.7 Å². The highest BCUT2D eigenvalue weighted by Gasteiger charge is 2.48. The van der Waals surface area contributed by atoms with Crippen molar-refractivity contribution in [3.8, 4) is 5.75 Å². The molecule has 6 rings (SSSR count). The molecule has 9 heteroatoms. The van der Waals surface area contributed by atoms with Crippen molar-refractivity contribution < 1.29 is 28.7 Å². The molecular weight excluding hydrogens is 450 g/mol. The number of piperidine rings is 2. The molecule has 2 bridgehead atoms. The Balaban J connectivity index is 1.32. The van der Waals surface area contributed by atoms with Crippen LogP contribution in [0.25, 0.3) is 0 Å². The van der Waals surface area contributed by atoms with Crippen molar-refractivity contribution in [1.29, 1.82) is 0 Å². The van der Waals surface area contributed by atoms with E-state index in [4.69, 9.17) is 9.47 Å². The SMILES string of the molecule is COC(=O)C1CC=CCC1C(=O)N1C[C@@H]2CC[C@H]1[C@H](C(=O)Nc1ccc3c(c1)N(C)C(=O)CO3)C2. The maximum atomic E-state index is 13.6. The summed E-state index contributed by atoms with van der Waals surface area (Å²) in [6, 6.07) is 5.06. The molecule has 35 heavy (non-hydrogen) atoms. The van der Waals surface area contributed by atoms with E-state index in [0.29, 0.717) is 36.5 Å². The van der Waals surface area contributed by atoms with E-state index in [1.54, 1.807) is 25.2 Å². The highest BCUT2D eigenvalue weighted by atomic mass is 16.5. The van der Waals surface area contributed by atoms with Gasteiger partial charge in [0.05, 0.1) is 30.6 Å². The number of carbonyl (C=O) groups excluding carboxylic acids is 4. The Morgan fingerprint density at radius 3 is 2.60 bits per heavy atom. The number of likely N-dealkylation sites (N-methyl/N-ethyl adjacent to an activating group) is 1. The fourth-order valence-corrected chi connectivity index (χ4v) is 6.03. The van der Waals surface area contributed by atoms with Gasteiger partial charge >= 0.3 is 5.97 Å². The molecule has 0 spiro atoms. The van der Waals surface area contributed by atoms with Gasteiger partial charge in [0.2, 0.25) is 11.8 Å². The zero-order chi connectivity index (χ0) is 24.7. The molecule has 1 aromatic rings. The Bertz CT molecular complexity index is 1080. The number of rotatable bonds is 4. The molecule has 9 nitrogen and oxygen atoms in total. The van der Waals surface area contributed by atoms with E-state index in [9.17, 15) is 19.2 Å². The van der Waals surface area contributed by atoms with Gasteiger partial charge in [-0.2, -0.15) is 0 Å². The van der Waals surface area contributed by atoms with Gasteiger partial charge in [-0.1, -0.05) is 12.2 Å². The van der Waals surface area contributed by atoms with Crippen LogP contribution in [0.15, 0.2) is 30.4 Å². The van der Waals surface area contributed by atoms with E-state index >= 15 is 0 Å². The number of hydrogen-bond donors (Lipinski definition) is 1. The number of allylic oxidation sites excluding steroid dienone is 2. The summed E-state index contributed by atoms with van der Waals surface area (Å²) in [6.07, 6.45) is 7.38.